The molecule has 0 unspecified atom stereocenters. The van der Waals surface area contributed by atoms with Crippen LogP contribution in [0.1, 0.15) is 0 Å². The lowest BCUT2D eigenvalue weighted by molar-refractivity contribution is 0.293. The number of aromatic nitrogens is 1. The van der Waals surface area contributed by atoms with Crippen LogP contribution in [0.5, 0.6) is 5.75 Å². The molecular formula is C17H17FN2O5S. The molecule has 3 rings (SSSR count). The molecule has 0 spiro atoms. The first-order chi connectivity index (χ1) is 12.3. The predicted octanol–water partition coefficient (Wildman–Crippen LogP) is 2.06. The number of ether oxygens (including phenoxy) is 1. The number of hydrogen-bond acceptors (Lipinski definition) is 5. The molecule has 0 atom stereocenters. The van der Waals surface area contributed by atoms with Crippen molar-refractivity contribution < 1.29 is 22.0 Å². The molecule has 0 bridgehead atoms. The highest BCUT2D eigenvalue weighted by Gasteiger charge is 2.19. The van der Waals surface area contributed by atoms with E-state index in [9.17, 15) is 17.6 Å². The molecule has 1 heterocycles. The number of oxazole rings is 1. The maximum atomic E-state index is 13.1. The fraction of sp³-hybridized carbons (Fsp3) is 0.235. The second-order valence-corrected chi connectivity index (χ2v) is 7.89. The highest BCUT2D eigenvalue weighted by molar-refractivity contribution is 7.89. The van der Waals surface area contributed by atoms with Crippen LogP contribution in [-0.4, -0.2) is 38.0 Å². The Bertz CT molecular complexity index is 1100. The summed E-state index contributed by atoms with van der Waals surface area (Å²) in [6.07, 6.45) is 0. The van der Waals surface area contributed by atoms with Gasteiger partial charge in [-0.1, -0.05) is 6.07 Å². The number of hydrogen-bond donors (Lipinski definition) is 0. The minimum Gasteiger partial charge on any atom is -0.492 e. The van der Waals surface area contributed by atoms with E-state index in [1.165, 1.54) is 55.1 Å². The van der Waals surface area contributed by atoms with E-state index in [0.717, 1.165) is 4.31 Å². The molecule has 1 aromatic heterocycles. The van der Waals surface area contributed by atoms with Gasteiger partial charge in [0.25, 0.3) is 0 Å². The van der Waals surface area contributed by atoms with E-state index in [1.54, 1.807) is 6.07 Å². The van der Waals surface area contributed by atoms with Gasteiger partial charge in [-0.25, -0.2) is 21.9 Å². The van der Waals surface area contributed by atoms with E-state index in [4.69, 9.17) is 9.15 Å². The van der Waals surface area contributed by atoms with Crippen molar-refractivity contribution in [1.82, 2.24) is 8.87 Å². The van der Waals surface area contributed by atoms with Gasteiger partial charge in [0.1, 0.15) is 18.2 Å². The minimum absolute atomic E-state index is 0.0342. The van der Waals surface area contributed by atoms with Crippen molar-refractivity contribution >= 4 is 21.1 Å². The number of sulfonamides is 1. The van der Waals surface area contributed by atoms with E-state index in [2.05, 4.69) is 0 Å². The van der Waals surface area contributed by atoms with Gasteiger partial charge in [-0.3, -0.25) is 4.57 Å². The Hall–Kier alpha value is -2.65. The lowest BCUT2D eigenvalue weighted by Gasteiger charge is -2.11. The van der Waals surface area contributed by atoms with Gasteiger partial charge >= 0.3 is 5.76 Å². The van der Waals surface area contributed by atoms with E-state index in [-0.39, 0.29) is 23.6 Å². The fourth-order valence-electron chi connectivity index (χ4n) is 2.44. The number of rotatable bonds is 6. The minimum atomic E-state index is -3.63. The van der Waals surface area contributed by atoms with Crippen molar-refractivity contribution in [2.45, 2.75) is 11.4 Å². The van der Waals surface area contributed by atoms with Gasteiger partial charge in [0.15, 0.2) is 5.58 Å². The van der Waals surface area contributed by atoms with E-state index in [0.29, 0.717) is 11.3 Å². The van der Waals surface area contributed by atoms with E-state index >= 15 is 0 Å². The molecule has 7 nitrogen and oxygen atoms in total. The average Bonchev–Trinajstić information content (AvgIpc) is 2.89. The summed E-state index contributed by atoms with van der Waals surface area (Å²) in [7, 11) is -0.785. The Morgan fingerprint density at radius 1 is 1.19 bits per heavy atom. The molecule has 3 aromatic rings. The largest absolute Gasteiger partial charge is 0.492 e. The van der Waals surface area contributed by atoms with Crippen LogP contribution in [0, 0.1) is 5.82 Å². The molecule has 0 radical (unpaired) electrons. The molecule has 2 aromatic carbocycles. The topological polar surface area (TPSA) is 81.8 Å². The molecule has 0 N–H and O–H groups in total. The molecule has 0 amide bonds. The van der Waals surface area contributed by atoms with Crippen LogP contribution in [0.25, 0.3) is 11.1 Å². The first-order valence-electron chi connectivity index (χ1n) is 7.73. The quantitative estimate of drug-likeness (QED) is 0.654. The fourth-order valence-corrected chi connectivity index (χ4v) is 3.36. The molecular weight excluding hydrogens is 363 g/mol. The first kappa shape index (κ1) is 18.2. The van der Waals surface area contributed by atoms with Crippen molar-refractivity contribution in [3.05, 3.63) is 58.8 Å². The third-order valence-electron chi connectivity index (χ3n) is 3.80. The monoisotopic (exact) mass is 380 g/mol. The molecule has 26 heavy (non-hydrogen) atoms. The Kier molecular flexibility index (Phi) is 4.84. The summed E-state index contributed by atoms with van der Waals surface area (Å²) in [5, 5.41) is 0. The molecule has 0 saturated carbocycles. The van der Waals surface area contributed by atoms with Crippen molar-refractivity contribution in [3.63, 3.8) is 0 Å². The second-order valence-electron chi connectivity index (χ2n) is 5.74. The van der Waals surface area contributed by atoms with E-state index in [1.807, 2.05) is 0 Å². The van der Waals surface area contributed by atoms with Gasteiger partial charge in [0.2, 0.25) is 10.0 Å². The van der Waals surface area contributed by atoms with Crippen LogP contribution in [0.3, 0.4) is 0 Å². The standard InChI is InChI=1S/C17H17FN2O5S/c1-19(2)26(22,23)14-6-7-15-16(11-14)25-17(21)20(15)8-9-24-13-5-3-4-12(18)10-13/h3-7,10-11H,8-9H2,1-2H3. The maximum absolute atomic E-state index is 13.1. The zero-order chi connectivity index (χ0) is 18.9. The summed E-state index contributed by atoms with van der Waals surface area (Å²) < 4.78 is 50.5. The summed E-state index contributed by atoms with van der Waals surface area (Å²) in [5.41, 5.74) is 0.624. The van der Waals surface area contributed by atoms with Crippen LogP contribution >= 0.6 is 0 Å². The van der Waals surface area contributed by atoms with Crippen LogP contribution in [-0.2, 0) is 16.6 Å². The lowest BCUT2D eigenvalue weighted by atomic mass is 10.3. The summed E-state index contributed by atoms with van der Waals surface area (Å²) in [4.78, 5) is 12.1. The highest BCUT2D eigenvalue weighted by atomic mass is 32.2. The summed E-state index contributed by atoms with van der Waals surface area (Å²) in [5.74, 6) is -0.685. The highest BCUT2D eigenvalue weighted by Crippen LogP contribution is 2.20. The Morgan fingerprint density at radius 2 is 1.96 bits per heavy atom. The molecule has 0 fully saturated rings. The van der Waals surface area contributed by atoms with Crippen LogP contribution in [0.15, 0.2) is 56.6 Å². The second kappa shape index (κ2) is 6.93. The van der Waals surface area contributed by atoms with Crippen LogP contribution in [0.4, 0.5) is 4.39 Å². The molecule has 9 heteroatoms. The first-order valence-corrected chi connectivity index (χ1v) is 9.17. The summed E-state index contributed by atoms with van der Waals surface area (Å²) in [6.45, 7) is 0.290. The van der Waals surface area contributed by atoms with Gasteiger partial charge in [0.05, 0.1) is 17.0 Å². The Balaban J connectivity index is 1.83. The van der Waals surface area contributed by atoms with Gasteiger partial charge in [0, 0.05) is 26.2 Å². The van der Waals surface area contributed by atoms with Crippen LogP contribution < -0.4 is 10.5 Å². The lowest BCUT2D eigenvalue weighted by Crippen LogP contribution is -2.22. The zero-order valence-corrected chi connectivity index (χ0v) is 15.0. The third kappa shape index (κ3) is 3.49. The molecule has 138 valence electrons. The number of nitrogens with zero attached hydrogens (tertiary/aromatic N) is 2. The smallest absolute Gasteiger partial charge is 0.420 e. The molecule has 0 aliphatic carbocycles. The normalized spacial score (nSPS) is 12.0. The van der Waals surface area contributed by atoms with Gasteiger partial charge in [-0.05, 0) is 24.3 Å². The van der Waals surface area contributed by atoms with Crippen molar-refractivity contribution in [1.29, 1.82) is 0 Å². The van der Waals surface area contributed by atoms with Crippen molar-refractivity contribution in [2.24, 2.45) is 0 Å². The van der Waals surface area contributed by atoms with Crippen LogP contribution in [0.2, 0.25) is 0 Å². The predicted molar refractivity (Wildman–Crippen MR) is 93.2 cm³/mol. The SMILES string of the molecule is CN(C)S(=O)(=O)c1ccc2c(c1)oc(=O)n2CCOc1cccc(F)c1. The molecule has 0 aliphatic heterocycles. The Morgan fingerprint density at radius 3 is 2.65 bits per heavy atom. The van der Waals surface area contributed by atoms with Crippen molar-refractivity contribution in [3.8, 4) is 5.75 Å². The van der Waals surface area contributed by atoms with Gasteiger partial charge < -0.3 is 9.15 Å². The Labute approximate surface area is 149 Å². The van der Waals surface area contributed by atoms with Gasteiger partial charge in [-0.15, -0.1) is 0 Å². The number of halogens is 1. The molecule has 0 aliphatic rings. The number of benzene rings is 2. The number of fused-ring (bicyclic) bond motifs is 1. The van der Waals surface area contributed by atoms with Crippen molar-refractivity contribution in [2.75, 3.05) is 20.7 Å². The average molecular weight is 380 g/mol. The third-order valence-corrected chi connectivity index (χ3v) is 5.61. The molecule has 0 saturated heterocycles. The maximum Gasteiger partial charge on any atom is 0.420 e. The summed E-state index contributed by atoms with van der Waals surface area (Å²) in [6, 6.07) is 9.93. The summed E-state index contributed by atoms with van der Waals surface area (Å²) >= 11 is 0. The van der Waals surface area contributed by atoms with E-state index < -0.39 is 21.6 Å². The zero-order valence-electron chi connectivity index (χ0n) is 14.2. The van der Waals surface area contributed by atoms with Gasteiger partial charge in [-0.2, -0.15) is 0 Å².